The number of carbonyl (C=O) groups excluding carboxylic acids is 1. The lowest BCUT2D eigenvalue weighted by molar-refractivity contribution is -0.116. The predicted molar refractivity (Wildman–Crippen MR) is 74.7 cm³/mol. The number of H-pyrrole nitrogens is 1. The van der Waals surface area contributed by atoms with Gasteiger partial charge in [0.1, 0.15) is 0 Å². The summed E-state index contributed by atoms with van der Waals surface area (Å²) in [6.45, 7) is 8.49. The maximum absolute atomic E-state index is 11.7. The van der Waals surface area contributed by atoms with Crippen molar-refractivity contribution in [3.05, 3.63) is 11.8 Å². The quantitative estimate of drug-likeness (QED) is 0.759. The highest BCUT2D eigenvalue weighted by Crippen LogP contribution is 2.21. The average molecular weight is 251 g/mol. The largest absolute Gasteiger partial charge is 0.309 e. The molecule has 1 amide bonds. The van der Waals surface area contributed by atoms with Crippen LogP contribution in [-0.4, -0.2) is 16.1 Å². The lowest BCUT2D eigenvalue weighted by Crippen LogP contribution is -2.12. The number of amides is 1. The Bertz CT molecular complexity index is 377. The molecule has 0 saturated carbocycles. The highest BCUT2D eigenvalue weighted by Gasteiger charge is 2.17. The van der Waals surface area contributed by atoms with Gasteiger partial charge in [-0.3, -0.25) is 9.89 Å². The van der Waals surface area contributed by atoms with Gasteiger partial charge in [0.05, 0.1) is 0 Å². The number of aromatic nitrogens is 2. The highest BCUT2D eigenvalue weighted by molar-refractivity contribution is 5.89. The standard InChI is InChI=1S/C14H25N3O/c1-5-6-7-8-9-13(18)15-12-10-11(16-17-12)14(2,3)4/h10H,5-9H2,1-4H3,(H2,15,16,17,18). The summed E-state index contributed by atoms with van der Waals surface area (Å²) in [7, 11) is 0. The van der Waals surface area contributed by atoms with Crippen molar-refractivity contribution in [1.82, 2.24) is 10.2 Å². The SMILES string of the molecule is CCCCCCC(=O)Nc1cc(C(C)(C)C)[nH]n1. The van der Waals surface area contributed by atoms with Crippen LogP contribution in [0.2, 0.25) is 0 Å². The molecule has 0 unspecified atom stereocenters. The first-order chi connectivity index (χ1) is 8.43. The third-order valence-corrected chi connectivity index (χ3v) is 2.91. The monoisotopic (exact) mass is 251 g/mol. The van der Waals surface area contributed by atoms with E-state index in [4.69, 9.17) is 0 Å². The van der Waals surface area contributed by atoms with Crippen LogP contribution in [0.5, 0.6) is 0 Å². The number of anilines is 1. The van der Waals surface area contributed by atoms with E-state index in [1.165, 1.54) is 12.8 Å². The number of aromatic amines is 1. The molecule has 18 heavy (non-hydrogen) atoms. The van der Waals surface area contributed by atoms with E-state index in [1.807, 2.05) is 6.07 Å². The topological polar surface area (TPSA) is 57.8 Å². The summed E-state index contributed by atoms with van der Waals surface area (Å²) < 4.78 is 0. The van der Waals surface area contributed by atoms with Gasteiger partial charge in [0.25, 0.3) is 0 Å². The first-order valence-corrected chi connectivity index (χ1v) is 6.79. The van der Waals surface area contributed by atoms with Crippen molar-refractivity contribution < 1.29 is 4.79 Å². The second kappa shape index (κ2) is 6.57. The van der Waals surface area contributed by atoms with Gasteiger partial charge in [0, 0.05) is 23.6 Å². The van der Waals surface area contributed by atoms with E-state index in [2.05, 4.69) is 43.2 Å². The summed E-state index contributed by atoms with van der Waals surface area (Å²) in [6.07, 6.45) is 5.05. The number of carbonyl (C=O) groups is 1. The minimum Gasteiger partial charge on any atom is -0.309 e. The van der Waals surface area contributed by atoms with Gasteiger partial charge < -0.3 is 5.32 Å². The second-order valence-corrected chi connectivity index (χ2v) is 5.78. The highest BCUT2D eigenvalue weighted by atomic mass is 16.1. The summed E-state index contributed by atoms with van der Waals surface area (Å²) in [5.41, 5.74) is 1.06. The molecule has 2 N–H and O–H groups in total. The zero-order valence-electron chi connectivity index (χ0n) is 12.0. The van der Waals surface area contributed by atoms with Crippen LogP contribution >= 0.6 is 0 Å². The molecule has 0 aromatic carbocycles. The number of nitrogens with zero attached hydrogens (tertiary/aromatic N) is 1. The Morgan fingerprint density at radius 2 is 2.06 bits per heavy atom. The fourth-order valence-corrected chi connectivity index (χ4v) is 1.69. The molecule has 1 aromatic heterocycles. The van der Waals surface area contributed by atoms with Crippen molar-refractivity contribution in [3.63, 3.8) is 0 Å². The van der Waals surface area contributed by atoms with Crippen LogP contribution in [0, 0.1) is 0 Å². The lowest BCUT2D eigenvalue weighted by atomic mass is 9.92. The molecular formula is C14H25N3O. The second-order valence-electron chi connectivity index (χ2n) is 5.78. The normalized spacial score (nSPS) is 11.6. The molecule has 0 fully saturated rings. The van der Waals surface area contributed by atoms with Crippen molar-refractivity contribution in [1.29, 1.82) is 0 Å². The molecule has 4 heteroatoms. The summed E-state index contributed by atoms with van der Waals surface area (Å²) in [6, 6.07) is 1.91. The van der Waals surface area contributed by atoms with Crippen molar-refractivity contribution in [3.8, 4) is 0 Å². The maximum atomic E-state index is 11.7. The average Bonchev–Trinajstić information content (AvgIpc) is 2.72. The van der Waals surface area contributed by atoms with E-state index in [9.17, 15) is 4.79 Å². The number of hydrogen-bond acceptors (Lipinski definition) is 2. The minimum absolute atomic E-state index is 0.0249. The molecule has 1 rings (SSSR count). The molecule has 0 atom stereocenters. The van der Waals surface area contributed by atoms with Crippen LogP contribution in [0.1, 0.15) is 65.5 Å². The van der Waals surface area contributed by atoms with E-state index in [-0.39, 0.29) is 11.3 Å². The molecule has 0 radical (unpaired) electrons. The van der Waals surface area contributed by atoms with Gasteiger partial charge in [-0.25, -0.2) is 0 Å². The number of rotatable bonds is 6. The molecule has 0 aliphatic carbocycles. The predicted octanol–water partition coefficient (Wildman–Crippen LogP) is 3.62. The van der Waals surface area contributed by atoms with Crippen LogP contribution in [0.4, 0.5) is 5.82 Å². The summed E-state index contributed by atoms with van der Waals surface area (Å²) in [5, 5.41) is 9.90. The van der Waals surface area contributed by atoms with Gasteiger partial charge in [-0.1, -0.05) is 47.0 Å². The van der Waals surface area contributed by atoms with Gasteiger partial charge in [0.15, 0.2) is 5.82 Å². The first kappa shape index (κ1) is 14.7. The minimum atomic E-state index is 0.0249. The molecule has 0 saturated heterocycles. The van der Waals surface area contributed by atoms with Crippen molar-refractivity contribution in [2.24, 2.45) is 0 Å². The Morgan fingerprint density at radius 1 is 1.33 bits per heavy atom. The van der Waals surface area contributed by atoms with Crippen LogP contribution in [-0.2, 0) is 10.2 Å². The molecule has 0 aliphatic rings. The summed E-state index contributed by atoms with van der Waals surface area (Å²) >= 11 is 0. The fraction of sp³-hybridized carbons (Fsp3) is 0.714. The zero-order chi connectivity index (χ0) is 13.6. The van der Waals surface area contributed by atoms with Gasteiger partial charge in [-0.15, -0.1) is 0 Å². The Labute approximate surface area is 110 Å². The number of unbranched alkanes of at least 4 members (excludes halogenated alkanes) is 3. The van der Waals surface area contributed by atoms with Crippen LogP contribution in [0.3, 0.4) is 0 Å². The van der Waals surface area contributed by atoms with E-state index < -0.39 is 0 Å². The van der Waals surface area contributed by atoms with E-state index in [1.54, 1.807) is 0 Å². The maximum Gasteiger partial charge on any atom is 0.225 e. The molecule has 0 bridgehead atoms. The Hall–Kier alpha value is -1.32. The van der Waals surface area contributed by atoms with Crippen LogP contribution < -0.4 is 5.32 Å². The molecule has 4 nitrogen and oxygen atoms in total. The molecule has 0 aliphatic heterocycles. The van der Waals surface area contributed by atoms with Gasteiger partial charge in [-0.05, 0) is 6.42 Å². The summed E-state index contributed by atoms with van der Waals surface area (Å²) in [4.78, 5) is 11.7. The smallest absolute Gasteiger partial charge is 0.225 e. The number of hydrogen-bond donors (Lipinski definition) is 2. The van der Waals surface area contributed by atoms with E-state index >= 15 is 0 Å². The summed E-state index contributed by atoms with van der Waals surface area (Å²) in [5.74, 6) is 0.679. The third kappa shape index (κ3) is 4.90. The van der Waals surface area contributed by atoms with Crippen LogP contribution in [0.25, 0.3) is 0 Å². The van der Waals surface area contributed by atoms with Crippen molar-refractivity contribution in [2.45, 2.75) is 65.2 Å². The van der Waals surface area contributed by atoms with E-state index in [0.717, 1.165) is 18.5 Å². The van der Waals surface area contributed by atoms with Crippen LogP contribution in [0.15, 0.2) is 6.07 Å². The van der Waals surface area contributed by atoms with Gasteiger partial charge in [0.2, 0.25) is 5.91 Å². The van der Waals surface area contributed by atoms with Crippen molar-refractivity contribution >= 4 is 11.7 Å². The molecular weight excluding hydrogens is 226 g/mol. The van der Waals surface area contributed by atoms with Gasteiger partial charge >= 0.3 is 0 Å². The Morgan fingerprint density at radius 3 is 2.61 bits per heavy atom. The Kier molecular flexibility index (Phi) is 5.38. The van der Waals surface area contributed by atoms with Crippen molar-refractivity contribution in [2.75, 3.05) is 5.32 Å². The third-order valence-electron chi connectivity index (χ3n) is 2.91. The fourth-order valence-electron chi connectivity index (χ4n) is 1.69. The zero-order valence-corrected chi connectivity index (χ0v) is 12.0. The van der Waals surface area contributed by atoms with E-state index in [0.29, 0.717) is 12.2 Å². The molecule has 1 heterocycles. The van der Waals surface area contributed by atoms with Gasteiger partial charge in [-0.2, -0.15) is 5.10 Å². The molecule has 0 spiro atoms. The number of nitrogens with one attached hydrogen (secondary N) is 2. The molecule has 102 valence electrons. The lowest BCUT2D eigenvalue weighted by Gasteiger charge is -2.14. The Balaban J connectivity index is 2.38. The molecule has 1 aromatic rings. The first-order valence-electron chi connectivity index (χ1n) is 6.79.